The third kappa shape index (κ3) is 29.8. The Bertz CT molecular complexity index is 916. The molecular weight excluding hydrogens is 592 g/mol. The SMILES string of the molecule is CCCCCCCC/C=C\CCCCCCCC(=O)OCCc1ccc(OC(=O)CCCCCCC/C=C\CCCCCCCC)cc1. The maximum absolute atomic E-state index is 12.2. The molecule has 1 rings (SSSR count). The zero-order chi connectivity index (χ0) is 34.6. The van der Waals surface area contributed by atoms with E-state index < -0.39 is 0 Å². The Morgan fingerprint density at radius 3 is 1.29 bits per heavy atom. The molecule has 0 aliphatic carbocycles. The van der Waals surface area contributed by atoms with Crippen LogP contribution in [0.25, 0.3) is 0 Å². The average Bonchev–Trinajstić information content (AvgIpc) is 3.09. The van der Waals surface area contributed by atoms with E-state index in [1.54, 1.807) is 0 Å². The first-order valence-electron chi connectivity index (χ1n) is 20.4. The Morgan fingerprint density at radius 2 is 0.854 bits per heavy atom. The molecule has 0 fully saturated rings. The van der Waals surface area contributed by atoms with Crippen molar-refractivity contribution < 1.29 is 19.1 Å². The van der Waals surface area contributed by atoms with E-state index in [0.717, 1.165) is 31.2 Å². The van der Waals surface area contributed by atoms with Crippen LogP contribution >= 0.6 is 0 Å². The summed E-state index contributed by atoms with van der Waals surface area (Å²) >= 11 is 0. The topological polar surface area (TPSA) is 52.6 Å². The lowest BCUT2D eigenvalue weighted by Crippen LogP contribution is -2.08. The zero-order valence-corrected chi connectivity index (χ0v) is 31.5. The quantitative estimate of drug-likeness (QED) is 0.0318. The Hall–Kier alpha value is -2.36. The fraction of sp³-hybridized carbons (Fsp3) is 0.727. The highest BCUT2D eigenvalue weighted by atomic mass is 16.5. The van der Waals surface area contributed by atoms with E-state index in [-0.39, 0.29) is 11.9 Å². The normalized spacial score (nSPS) is 11.5. The molecule has 0 saturated heterocycles. The second-order valence-corrected chi connectivity index (χ2v) is 13.8. The van der Waals surface area contributed by atoms with Gasteiger partial charge in [-0.05, 0) is 81.9 Å². The van der Waals surface area contributed by atoms with Crippen LogP contribution in [0.2, 0.25) is 0 Å². The van der Waals surface area contributed by atoms with Crippen LogP contribution in [0.15, 0.2) is 48.6 Å². The monoisotopic (exact) mass is 667 g/mol. The Morgan fingerprint density at radius 1 is 0.479 bits per heavy atom. The highest BCUT2D eigenvalue weighted by Gasteiger charge is 2.06. The van der Waals surface area contributed by atoms with Crippen LogP contribution in [-0.2, 0) is 20.7 Å². The van der Waals surface area contributed by atoms with Crippen molar-refractivity contribution in [1.82, 2.24) is 0 Å². The molecule has 1 aromatic rings. The van der Waals surface area contributed by atoms with Crippen molar-refractivity contribution in [2.24, 2.45) is 0 Å². The second-order valence-electron chi connectivity index (χ2n) is 13.8. The number of ether oxygens (including phenoxy) is 2. The summed E-state index contributed by atoms with van der Waals surface area (Å²) in [6.45, 7) is 4.92. The lowest BCUT2D eigenvalue weighted by atomic mass is 10.1. The predicted molar refractivity (Wildman–Crippen MR) is 206 cm³/mol. The predicted octanol–water partition coefficient (Wildman–Crippen LogP) is 13.8. The van der Waals surface area contributed by atoms with Gasteiger partial charge in [-0.25, -0.2) is 0 Å². The van der Waals surface area contributed by atoms with Gasteiger partial charge in [-0.1, -0.05) is 153 Å². The van der Waals surface area contributed by atoms with Gasteiger partial charge < -0.3 is 9.47 Å². The van der Waals surface area contributed by atoms with E-state index in [1.165, 1.54) is 141 Å². The summed E-state index contributed by atoms with van der Waals surface area (Å²) < 4.78 is 11.0. The van der Waals surface area contributed by atoms with Gasteiger partial charge in [0, 0.05) is 19.3 Å². The molecule has 4 heteroatoms. The summed E-state index contributed by atoms with van der Waals surface area (Å²) in [6.07, 6.45) is 43.5. The average molecular weight is 667 g/mol. The molecule has 0 atom stereocenters. The standard InChI is InChI=1S/C44H74O4/c1-3-5-7-9-11-13-15-17-19-21-23-25-27-29-31-33-43(45)47-40-39-41-35-37-42(38-36-41)48-44(46)34-32-30-28-26-24-22-20-18-16-14-12-10-8-6-4-2/h17-20,35-38H,3-16,21-34,39-40H2,1-2H3/b19-17-,20-18-. The first-order chi connectivity index (χ1) is 23.7. The minimum absolute atomic E-state index is 0.103. The summed E-state index contributed by atoms with van der Waals surface area (Å²) in [5, 5.41) is 0. The third-order valence-electron chi connectivity index (χ3n) is 9.09. The zero-order valence-electron chi connectivity index (χ0n) is 31.5. The van der Waals surface area contributed by atoms with Gasteiger partial charge in [0.1, 0.15) is 5.75 Å². The van der Waals surface area contributed by atoms with Crippen molar-refractivity contribution in [3.8, 4) is 5.75 Å². The summed E-state index contributed by atoms with van der Waals surface area (Å²) in [5.74, 6) is 0.316. The van der Waals surface area contributed by atoms with Crippen molar-refractivity contribution in [2.45, 2.75) is 200 Å². The van der Waals surface area contributed by atoms with Crippen LogP contribution in [-0.4, -0.2) is 18.5 Å². The van der Waals surface area contributed by atoms with E-state index in [4.69, 9.17) is 9.47 Å². The van der Waals surface area contributed by atoms with E-state index in [0.29, 0.717) is 31.6 Å². The smallest absolute Gasteiger partial charge is 0.311 e. The molecule has 0 amide bonds. The van der Waals surface area contributed by atoms with Gasteiger partial charge >= 0.3 is 11.9 Å². The number of esters is 2. The number of unbranched alkanes of at least 4 members (excludes halogenated alkanes) is 22. The maximum Gasteiger partial charge on any atom is 0.311 e. The van der Waals surface area contributed by atoms with Crippen LogP contribution < -0.4 is 4.74 Å². The molecule has 0 heterocycles. The van der Waals surface area contributed by atoms with Gasteiger partial charge in [0.05, 0.1) is 6.61 Å². The summed E-state index contributed by atoms with van der Waals surface area (Å²) in [7, 11) is 0. The van der Waals surface area contributed by atoms with Crippen LogP contribution in [0, 0.1) is 0 Å². The van der Waals surface area contributed by atoms with Gasteiger partial charge in [-0.15, -0.1) is 0 Å². The van der Waals surface area contributed by atoms with Crippen LogP contribution in [0.5, 0.6) is 5.75 Å². The van der Waals surface area contributed by atoms with E-state index in [2.05, 4.69) is 38.2 Å². The third-order valence-corrected chi connectivity index (χ3v) is 9.09. The first-order valence-corrected chi connectivity index (χ1v) is 20.4. The van der Waals surface area contributed by atoms with Crippen LogP contribution in [0.3, 0.4) is 0 Å². The largest absolute Gasteiger partial charge is 0.465 e. The van der Waals surface area contributed by atoms with Gasteiger partial charge in [0.15, 0.2) is 0 Å². The summed E-state index contributed by atoms with van der Waals surface area (Å²) in [6, 6.07) is 7.56. The highest BCUT2D eigenvalue weighted by Crippen LogP contribution is 2.16. The maximum atomic E-state index is 12.2. The molecule has 48 heavy (non-hydrogen) atoms. The van der Waals surface area contributed by atoms with Crippen LogP contribution in [0.4, 0.5) is 0 Å². The van der Waals surface area contributed by atoms with Crippen molar-refractivity contribution >= 4 is 11.9 Å². The fourth-order valence-corrected chi connectivity index (χ4v) is 5.94. The summed E-state index contributed by atoms with van der Waals surface area (Å²) in [4.78, 5) is 24.3. The lowest BCUT2D eigenvalue weighted by molar-refractivity contribution is -0.143. The molecule has 0 aliphatic rings. The van der Waals surface area contributed by atoms with Crippen molar-refractivity contribution in [1.29, 1.82) is 0 Å². The Labute approximate surface area is 296 Å². The molecule has 0 spiro atoms. The van der Waals surface area contributed by atoms with Crippen molar-refractivity contribution in [3.63, 3.8) is 0 Å². The van der Waals surface area contributed by atoms with E-state index >= 15 is 0 Å². The lowest BCUT2D eigenvalue weighted by Gasteiger charge is -2.07. The molecule has 0 N–H and O–H groups in total. The molecule has 0 bridgehead atoms. The number of carbonyl (C=O) groups is 2. The van der Waals surface area contributed by atoms with Gasteiger partial charge in [-0.3, -0.25) is 9.59 Å². The first kappa shape index (κ1) is 43.7. The van der Waals surface area contributed by atoms with E-state index in [1.807, 2.05) is 24.3 Å². The minimum Gasteiger partial charge on any atom is -0.465 e. The molecule has 1 aromatic carbocycles. The number of hydrogen-bond acceptors (Lipinski definition) is 4. The molecule has 0 unspecified atom stereocenters. The minimum atomic E-state index is -0.162. The molecule has 0 radical (unpaired) electrons. The molecule has 0 aromatic heterocycles. The van der Waals surface area contributed by atoms with Gasteiger partial charge in [0.2, 0.25) is 0 Å². The van der Waals surface area contributed by atoms with E-state index in [9.17, 15) is 9.59 Å². The highest BCUT2D eigenvalue weighted by molar-refractivity contribution is 5.72. The fourth-order valence-electron chi connectivity index (χ4n) is 5.94. The number of allylic oxidation sites excluding steroid dienone is 4. The summed E-state index contributed by atoms with van der Waals surface area (Å²) in [5.41, 5.74) is 1.07. The molecular formula is C44H74O4. The van der Waals surface area contributed by atoms with Crippen molar-refractivity contribution in [2.75, 3.05) is 6.61 Å². The Kier molecular flexibility index (Phi) is 31.4. The molecule has 4 nitrogen and oxygen atoms in total. The van der Waals surface area contributed by atoms with Gasteiger partial charge in [-0.2, -0.15) is 0 Å². The number of benzene rings is 1. The molecule has 274 valence electrons. The second kappa shape index (κ2) is 34.5. The number of hydrogen-bond donors (Lipinski definition) is 0. The van der Waals surface area contributed by atoms with Gasteiger partial charge in [0.25, 0.3) is 0 Å². The molecule has 0 aliphatic heterocycles. The Balaban J connectivity index is 1.94. The van der Waals surface area contributed by atoms with Crippen LogP contribution in [0.1, 0.15) is 199 Å². The van der Waals surface area contributed by atoms with Crippen molar-refractivity contribution in [3.05, 3.63) is 54.1 Å². The number of carbonyl (C=O) groups excluding carboxylic acids is 2. The molecule has 0 saturated carbocycles. The number of rotatable bonds is 34.